The smallest absolute Gasteiger partial charge is 0.275 e. The summed E-state index contributed by atoms with van der Waals surface area (Å²) in [6.07, 6.45) is 1.48. The van der Waals surface area contributed by atoms with Gasteiger partial charge < -0.3 is 14.8 Å². The SMILES string of the molecule is CCOc1cc(/C=C(\C#N)C(=O)Nc2ccc(C)cc2)ccc1OCc1cc(=O)n2nc(C)sc2n1. The maximum atomic E-state index is 12.6. The second-order valence-corrected chi connectivity index (χ2v) is 8.98. The van der Waals surface area contributed by atoms with Gasteiger partial charge in [-0.05, 0) is 56.7 Å². The molecule has 0 saturated carbocycles. The molecule has 0 atom stereocenters. The molecule has 1 amide bonds. The number of fused-ring (bicyclic) bond motifs is 1. The minimum absolute atomic E-state index is 0.0514. The van der Waals surface area contributed by atoms with Crippen molar-refractivity contribution in [3.05, 3.63) is 86.3 Å². The van der Waals surface area contributed by atoms with Gasteiger partial charge in [0.25, 0.3) is 11.5 Å². The van der Waals surface area contributed by atoms with Gasteiger partial charge >= 0.3 is 0 Å². The molecule has 182 valence electrons. The van der Waals surface area contributed by atoms with Crippen LogP contribution in [0.4, 0.5) is 5.69 Å². The minimum Gasteiger partial charge on any atom is -0.490 e. The zero-order valence-corrected chi connectivity index (χ0v) is 20.8. The number of carbonyl (C=O) groups excluding carboxylic acids is 1. The minimum atomic E-state index is -0.509. The number of benzene rings is 2. The quantitative estimate of drug-likeness (QED) is 0.283. The Balaban J connectivity index is 1.53. The Labute approximate surface area is 211 Å². The molecule has 10 heteroatoms. The second-order valence-electron chi connectivity index (χ2n) is 7.82. The van der Waals surface area contributed by atoms with Gasteiger partial charge in [0.1, 0.15) is 23.3 Å². The molecule has 0 aliphatic rings. The van der Waals surface area contributed by atoms with Crippen LogP contribution in [0, 0.1) is 25.2 Å². The number of anilines is 1. The van der Waals surface area contributed by atoms with Crippen LogP contribution < -0.4 is 20.3 Å². The van der Waals surface area contributed by atoms with Gasteiger partial charge in [0, 0.05) is 11.8 Å². The fourth-order valence-electron chi connectivity index (χ4n) is 3.33. The third-order valence-electron chi connectivity index (χ3n) is 5.03. The lowest BCUT2D eigenvalue weighted by atomic mass is 10.1. The van der Waals surface area contributed by atoms with Crippen LogP contribution in [0.2, 0.25) is 0 Å². The van der Waals surface area contributed by atoms with Crippen molar-refractivity contribution in [1.82, 2.24) is 14.6 Å². The third kappa shape index (κ3) is 5.76. The van der Waals surface area contributed by atoms with Crippen LogP contribution in [0.3, 0.4) is 0 Å². The monoisotopic (exact) mass is 501 g/mol. The molecule has 0 aliphatic heterocycles. The molecule has 0 radical (unpaired) electrons. The molecular formula is C26H23N5O4S. The number of amides is 1. The lowest BCUT2D eigenvalue weighted by molar-refractivity contribution is -0.112. The number of hydrogen-bond donors (Lipinski definition) is 1. The van der Waals surface area contributed by atoms with Crippen molar-refractivity contribution in [3.8, 4) is 17.6 Å². The second kappa shape index (κ2) is 10.8. The number of rotatable bonds is 8. The van der Waals surface area contributed by atoms with E-state index in [0.29, 0.717) is 40.0 Å². The number of carbonyl (C=O) groups is 1. The Hall–Kier alpha value is -4.49. The zero-order chi connectivity index (χ0) is 25.7. The van der Waals surface area contributed by atoms with E-state index < -0.39 is 5.91 Å². The van der Waals surface area contributed by atoms with Crippen molar-refractivity contribution in [1.29, 1.82) is 5.26 Å². The molecule has 0 aliphatic carbocycles. The summed E-state index contributed by atoms with van der Waals surface area (Å²) >= 11 is 1.32. The standard InChI is InChI=1S/C26H23N5O4S/c1-4-34-23-12-18(11-19(14-27)25(33)28-20-8-5-16(2)6-9-20)7-10-22(23)35-15-21-13-24(32)31-26(29-21)36-17(3)30-31/h5-13H,4,15H2,1-3H3,(H,28,33)/b19-11+. The lowest BCUT2D eigenvalue weighted by Gasteiger charge is -2.12. The molecule has 0 saturated heterocycles. The van der Waals surface area contributed by atoms with Crippen LogP contribution in [0.15, 0.2) is 58.9 Å². The third-order valence-corrected chi connectivity index (χ3v) is 5.85. The van der Waals surface area contributed by atoms with E-state index in [4.69, 9.17) is 9.47 Å². The summed E-state index contributed by atoms with van der Waals surface area (Å²) in [6.45, 7) is 6.04. The van der Waals surface area contributed by atoms with E-state index in [1.165, 1.54) is 28.0 Å². The summed E-state index contributed by atoms with van der Waals surface area (Å²) in [5.41, 5.74) is 2.41. The van der Waals surface area contributed by atoms with Crippen molar-refractivity contribution in [2.75, 3.05) is 11.9 Å². The molecular weight excluding hydrogens is 478 g/mol. The van der Waals surface area contributed by atoms with Gasteiger partial charge in [-0.3, -0.25) is 9.59 Å². The normalized spacial score (nSPS) is 11.2. The Morgan fingerprint density at radius 1 is 1.14 bits per heavy atom. The van der Waals surface area contributed by atoms with E-state index in [0.717, 1.165) is 10.6 Å². The van der Waals surface area contributed by atoms with Gasteiger partial charge in [-0.2, -0.15) is 14.9 Å². The Kier molecular flexibility index (Phi) is 7.42. The van der Waals surface area contributed by atoms with Crippen LogP contribution in [0.25, 0.3) is 11.0 Å². The maximum absolute atomic E-state index is 12.6. The molecule has 2 aromatic heterocycles. The molecule has 9 nitrogen and oxygen atoms in total. The van der Waals surface area contributed by atoms with E-state index in [-0.39, 0.29) is 17.7 Å². The van der Waals surface area contributed by atoms with E-state index in [2.05, 4.69) is 15.4 Å². The first-order valence-corrected chi connectivity index (χ1v) is 11.9. The van der Waals surface area contributed by atoms with Gasteiger partial charge in [0.15, 0.2) is 11.5 Å². The molecule has 0 fully saturated rings. The number of nitrogens with one attached hydrogen (secondary N) is 1. The molecule has 0 bridgehead atoms. The number of aromatic nitrogens is 3. The molecule has 2 aromatic carbocycles. The predicted molar refractivity (Wildman–Crippen MR) is 137 cm³/mol. The van der Waals surface area contributed by atoms with Gasteiger partial charge in [0.05, 0.1) is 12.3 Å². The Morgan fingerprint density at radius 3 is 2.64 bits per heavy atom. The van der Waals surface area contributed by atoms with Gasteiger partial charge in [0.2, 0.25) is 4.96 Å². The van der Waals surface area contributed by atoms with Crippen LogP contribution in [0.1, 0.15) is 28.8 Å². The Bertz CT molecular complexity index is 1550. The summed E-state index contributed by atoms with van der Waals surface area (Å²) in [7, 11) is 0. The van der Waals surface area contributed by atoms with Gasteiger partial charge in [-0.1, -0.05) is 35.1 Å². The number of nitriles is 1. The molecule has 0 spiro atoms. The van der Waals surface area contributed by atoms with Crippen molar-refractivity contribution in [3.63, 3.8) is 0 Å². The highest BCUT2D eigenvalue weighted by Gasteiger charge is 2.13. The topological polar surface area (TPSA) is 119 Å². The highest BCUT2D eigenvalue weighted by Crippen LogP contribution is 2.30. The first kappa shape index (κ1) is 24.6. The molecule has 1 N–H and O–H groups in total. The average Bonchev–Trinajstić information content (AvgIpc) is 3.24. The van der Waals surface area contributed by atoms with Crippen LogP contribution in [-0.4, -0.2) is 27.1 Å². The number of aryl methyl sites for hydroxylation is 2. The lowest BCUT2D eigenvalue weighted by Crippen LogP contribution is -2.16. The summed E-state index contributed by atoms with van der Waals surface area (Å²) in [4.78, 5) is 29.8. The average molecular weight is 502 g/mol. The van der Waals surface area contributed by atoms with Crippen molar-refractivity contribution >= 4 is 34.0 Å². The highest BCUT2D eigenvalue weighted by molar-refractivity contribution is 7.16. The maximum Gasteiger partial charge on any atom is 0.275 e. The Morgan fingerprint density at radius 2 is 1.92 bits per heavy atom. The van der Waals surface area contributed by atoms with E-state index in [1.54, 1.807) is 30.3 Å². The van der Waals surface area contributed by atoms with Gasteiger partial charge in [-0.25, -0.2) is 4.98 Å². The van der Waals surface area contributed by atoms with E-state index >= 15 is 0 Å². The molecule has 2 heterocycles. The molecule has 4 aromatic rings. The van der Waals surface area contributed by atoms with Crippen LogP contribution in [-0.2, 0) is 11.4 Å². The van der Waals surface area contributed by atoms with Crippen LogP contribution in [0.5, 0.6) is 11.5 Å². The molecule has 0 unspecified atom stereocenters. The number of hydrogen-bond acceptors (Lipinski definition) is 8. The highest BCUT2D eigenvalue weighted by atomic mass is 32.1. The van der Waals surface area contributed by atoms with Crippen molar-refractivity contribution < 1.29 is 14.3 Å². The van der Waals surface area contributed by atoms with Gasteiger partial charge in [-0.15, -0.1) is 0 Å². The van der Waals surface area contributed by atoms with E-state index in [1.807, 2.05) is 39.0 Å². The number of nitrogens with zero attached hydrogens (tertiary/aromatic N) is 4. The first-order chi connectivity index (χ1) is 17.4. The number of ether oxygens (including phenoxy) is 2. The summed E-state index contributed by atoms with van der Waals surface area (Å²) in [5, 5.41) is 17.1. The van der Waals surface area contributed by atoms with Crippen molar-refractivity contribution in [2.24, 2.45) is 0 Å². The van der Waals surface area contributed by atoms with Crippen molar-refractivity contribution in [2.45, 2.75) is 27.4 Å². The summed E-state index contributed by atoms with van der Waals surface area (Å²) in [5.74, 6) is 0.374. The summed E-state index contributed by atoms with van der Waals surface area (Å²) < 4.78 is 12.9. The zero-order valence-electron chi connectivity index (χ0n) is 19.9. The molecule has 36 heavy (non-hydrogen) atoms. The largest absolute Gasteiger partial charge is 0.490 e. The molecule has 4 rings (SSSR count). The van der Waals surface area contributed by atoms with Crippen LogP contribution >= 0.6 is 11.3 Å². The summed E-state index contributed by atoms with van der Waals surface area (Å²) in [6, 6.07) is 15.7. The predicted octanol–water partition coefficient (Wildman–Crippen LogP) is 4.29. The van der Waals surface area contributed by atoms with E-state index in [9.17, 15) is 14.9 Å². The fourth-order valence-corrected chi connectivity index (χ4v) is 4.10. The fraction of sp³-hybridized carbons (Fsp3) is 0.192. The first-order valence-electron chi connectivity index (χ1n) is 11.1.